The second kappa shape index (κ2) is 4.19. The number of carbonyl (C=O) groups excluding carboxylic acids is 1. The van der Waals surface area contributed by atoms with E-state index in [2.05, 4.69) is 12.6 Å². The summed E-state index contributed by atoms with van der Waals surface area (Å²) < 4.78 is 0. The van der Waals surface area contributed by atoms with E-state index in [9.17, 15) is 4.79 Å². The van der Waals surface area contributed by atoms with E-state index in [-0.39, 0.29) is 5.25 Å². The van der Waals surface area contributed by atoms with E-state index in [1.165, 1.54) is 0 Å². The SMILES string of the molecule is CCC[C@H](S)C=O. The zero-order valence-corrected chi connectivity index (χ0v) is 5.32. The third kappa shape index (κ3) is 3.86. The van der Waals surface area contributed by atoms with Gasteiger partial charge in [-0.15, -0.1) is 0 Å². The minimum atomic E-state index is -0.0370. The number of thiol groups is 1. The van der Waals surface area contributed by atoms with Crippen molar-refractivity contribution in [3.05, 3.63) is 0 Å². The predicted octanol–water partition coefficient (Wildman–Crippen LogP) is 1.28. The van der Waals surface area contributed by atoms with Crippen molar-refractivity contribution >= 4 is 18.9 Å². The molecule has 0 N–H and O–H groups in total. The predicted molar refractivity (Wildman–Crippen MR) is 33.7 cm³/mol. The van der Waals surface area contributed by atoms with Crippen LogP contribution >= 0.6 is 12.6 Å². The smallest absolute Gasteiger partial charge is 0.132 e. The van der Waals surface area contributed by atoms with Crippen LogP contribution in [0.25, 0.3) is 0 Å². The summed E-state index contributed by atoms with van der Waals surface area (Å²) in [4.78, 5) is 9.82. The lowest BCUT2D eigenvalue weighted by molar-refractivity contribution is -0.107. The first-order valence-corrected chi connectivity index (χ1v) is 2.96. The maximum atomic E-state index is 9.82. The Labute approximate surface area is 49.5 Å². The monoisotopic (exact) mass is 118 g/mol. The average Bonchev–Trinajstić information content (AvgIpc) is 1.68. The number of hydrogen-bond donors (Lipinski definition) is 1. The summed E-state index contributed by atoms with van der Waals surface area (Å²) in [7, 11) is 0. The molecular formula is C5H10OS. The Kier molecular flexibility index (Phi) is 4.20. The van der Waals surface area contributed by atoms with Gasteiger partial charge in [-0.3, -0.25) is 0 Å². The lowest BCUT2D eigenvalue weighted by Gasteiger charge is -1.94. The molecule has 0 aliphatic rings. The summed E-state index contributed by atoms with van der Waals surface area (Å²) in [5, 5.41) is -0.0370. The van der Waals surface area contributed by atoms with Crippen LogP contribution in [0.5, 0.6) is 0 Å². The van der Waals surface area contributed by atoms with Crippen molar-refractivity contribution in [2.24, 2.45) is 0 Å². The van der Waals surface area contributed by atoms with E-state index in [4.69, 9.17) is 0 Å². The van der Waals surface area contributed by atoms with E-state index in [0.29, 0.717) is 0 Å². The fourth-order valence-electron chi connectivity index (χ4n) is 0.364. The molecule has 0 amide bonds. The van der Waals surface area contributed by atoms with Gasteiger partial charge in [0.1, 0.15) is 6.29 Å². The molecule has 0 radical (unpaired) electrons. The van der Waals surface area contributed by atoms with Crippen LogP contribution < -0.4 is 0 Å². The van der Waals surface area contributed by atoms with Gasteiger partial charge < -0.3 is 4.79 Å². The molecule has 42 valence electrons. The van der Waals surface area contributed by atoms with Crippen molar-refractivity contribution in [3.63, 3.8) is 0 Å². The highest BCUT2D eigenvalue weighted by Gasteiger charge is 1.94. The highest BCUT2D eigenvalue weighted by atomic mass is 32.1. The molecule has 2 heteroatoms. The Balaban J connectivity index is 2.98. The first kappa shape index (κ1) is 7.02. The molecule has 0 aliphatic heterocycles. The van der Waals surface area contributed by atoms with Crippen LogP contribution in [0.1, 0.15) is 19.8 Å². The summed E-state index contributed by atoms with van der Waals surface area (Å²) in [5.74, 6) is 0. The summed E-state index contributed by atoms with van der Waals surface area (Å²) >= 11 is 3.94. The maximum absolute atomic E-state index is 9.82. The number of aldehydes is 1. The van der Waals surface area contributed by atoms with Gasteiger partial charge in [0.05, 0.1) is 5.25 Å². The van der Waals surface area contributed by atoms with Crippen LogP contribution in [0.3, 0.4) is 0 Å². The van der Waals surface area contributed by atoms with Gasteiger partial charge in [-0.1, -0.05) is 13.3 Å². The molecule has 0 heterocycles. The molecule has 0 saturated heterocycles. The molecule has 0 fully saturated rings. The van der Waals surface area contributed by atoms with Crippen LogP contribution in [-0.2, 0) is 4.79 Å². The largest absolute Gasteiger partial charge is 0.302 e. The van der Waals surface area contributed by atoms with Crippen LogP contribution in [0, 0.1) is 0 Å². The molecule has 0 aliphatic carbocycles. The normalized spacial score (nSPS) is 13.4. The molecule has 0 rings (SSSR count). The number of carbonyl (C=O) groups is 1. The topological polar surface area (TPSA) is 17.1 Å². The molecule has 1 nitrogen and oxygen atoms in total. The summed E-state index contributed by atoms with van der Waals surface area (Å²) in [6.07, 6.45) is 2.80. The molecule has 0 aromatic heterocycles. The van der Waals surface area contributed by atoms with Gasteiger partial charge in [0, 0.05) is 0 Å². The van der Waals surface area contributed by atoms with Gasteiger partial charge in [0.15, 0.2) is 0 Å². The summed E-state index contributed by atoms with van der Waals surface area (Å²) in [6, 6.07) is 0. The fourth-order valence-corrected chi connectivity index (χ4v) is 0.622. The summed E-state index contributed by atoms with van der Waals surface area (Å²) in [5.41, 5.74) is 0. The first-order chi connectivity index (χ1) is 3.31. The van der Waals surface area contributed by atoms with E-state index in [0.717, 1.165) is 19.1 Å². The van der Waals surface area contributed by atoms with Crippen molar-refractivity contribution in [3.8, 4) is 0 Å². The Morgan fingerprint density at radius 1 is 1.86 bits per heavy atom. The second-order valence-electron chi connectivity index (χ2n) is 1.49. The third-order valence-corrected chi connectivity index (χ3v) is 1.12. The molecule has 0 bridgehead atoms. The van der Waals surface area contributed by atoms with E-state index < -0.39 is 0 Å². The molecule has 7 heavy (non-hydrogen) atoms. The van der Waals surface area contributed by atoms with Crippen molar-refractivity contribution in [2.75, 3.05) is 0 Å². The average molecular weight is 118 g/mol. The highest BCUT2D eigenvalue weighted by molar-refractivity contribution is 7.81. The van der Waals surface area contributed by atoms with Gasteiger partial charge in [-0.2, -0.15) is 12.6 Å². The van der Waals surface area contributed by atoms with Crippen LogP contribution in [0.4, 0.5) is 0 Å². The van der Waals surface area contributed by atoms with E-state index in [1.807, 2.05) is 6.92 Å². The molecule has 0 aromatic carbocycles. The van der Waals surface area contributed by atoms with Gasteiger partial charge in [0.25, 0.3) is 0 Å². The number of hydrogen-bond acceptors (Lipinski definition) is 2. The Morgan fingerprint density at radius 3 is 2.57 bits per heavy atom. The van der Waals surface area contributed by atoms with Crippen molar-refractivity contribution in [1.29, 1.82) is 0 Å². The second-order valence-corrected chi connectivity index (χ2v) is 2.16. The molecule has 0 unspecified atom stereocenters. The summed E-state index contributed by atoms with van der Waals surface area (Å²) in [6.45, 7) is 2.03. The van der Waals surface area contributed by atoms with Gasteiger partial charge in [-0.05, 0) is 6.42 Å². The van der Waals surface area contributed by atoms with Crippen molar-refractivity contribution in [2.45, 2.75) is 25.0 Å². The molecule has 1 atom stereocenters. The molecular weight excluding hydrogens is 108 g/mol. The number of rotatable bonds is 3. The van der Waals surface area contributed by atoms with Crippen LogP contribution in [-0.4, -0.2) is 11.5 Å². The van der Waals surface area contributed by atoms with Gasteiger partial charge >= 0.3 is 0 Å². The Bertz CT molecular complexity index is 54.0. The quantitative estimate of drug-likeness (QED) is 0.436. The third-order valence-electron chi connectivity index (χ3n) is 0.742. The lowest BCUT2D eigenvalue weighted by atomic mass is 10.3. The fraction of sp³-hybridized carbons (Fsp3) is 0.800. The molecule has 0 spiro atoms. The van der Waals surface area contributed by atoms with Crippen molar-refractivity contribution in [1.82, 2.24) is 0 Å². The van der Waals surface area contributed by atoms with Crippen LogP contribution in [0.2, 0.25) is 0 Å². The van der Waals surface area contributed by atoms with Crippen molar-refractivity contribution < 1.29 is 4.79 Å². The molecule has 0 saturated carbocycles. The van der Waals surface area contributed by atoms with Crippen LogP contribution in [0.15, 0.2) is 0 Å². The minimum absolute atomic E-state index is 0.0370. The Morgan fingerprint density at radius 2 is 2.43 bits per heavy atom. The van der Waals surface area contributed by atoms with Gasteiger partial charge in [-0.25, -0.2) is 0 Å². The van der Waals surface area contributed by atoms with E-state index in [1.54, 1.807) is 0 Å². The highest BCUT2D eigenvalue weighted by Crippen LogP contribution is 1.98. The maximum Gasteiger partial charge on any atom is 0.132 e. The van der Waals surface area contributed by atoms with Gasteiger partial charge in [0.2, 0.25) is 0 Å². The standard InChI is InChI=1S/C5H10OS/c1-2-3-5(7)4-6/h4-5,7H,2-3H2,1H3/t5-/m0/s1. The Hall–Kier alpha value is 0.0200. The van der Waals surface area contributed by atoms with E-state index >= 15 is 0 Å². The minimum Gasteiger partial charge on any atom is -0.302 e. The zero-order chi connectivity index (χ0) is 5.70. The first-order valence-electron chi connectivity index (χ1n) is 2.44. The zero-order valence-electron chi connectivity index (χ0n) is 4.42. The lowest BCUT2D eigenvalue weighted by Crippen LogP contribution is -1.96. The molecule has 0 aromatic rings.